The summed E-state index contributed by atoms with van der Waals surface area (Å²) in [6, 6.07) is 13.0. The van der Waals surface area contributed by atoms with Crippen LogP contribution in [0.1, 0.15) is 23.7 Å². The van der Waals surface area contributed by atoms with E-state index in [0.29, 0.717) is 28.6 Å². The number of anilines is 1. The molecule has 1 heterocycles. The number of hydrogen-bond acceptors (Lipinski definition) is 6. The molecule has 2 N–H and O–H groups in total. The molecule has 168 valence electrons. The second kappa shape index (κ2) is 10.6. The van der Waals surface area contributed by atoms with Crippen molar-refractivity contribution in [3.8, 4) is 5.75 Å². The summed E-state index contributed by atoms with van der Waals surface area (Å²) in [5.74, 6) is -2.46. The molecule has 0 saturated carbocycles. The predicted octanol–water partition coefficient (Wildman–Crippen LogP) is 2.41. The second-order valence-corrected chi connectivity index (χ2v) is 7.37. The molecular formula is C22H22ClN3O6. The number of para-hydroxylation sites is 2. The number of carbonyl (C=O) groups excluding carboxylic acids is 4. The van der Waals surface area contributed by atoms with Gasteiger partial charge in [0.15, 0.2) is 6.61 Å². The average molecular weight is 460 g/mol. The number of benzene rings is 2. The zero-order valence-corrected chi connectivity index (χ0v) is 18.1. The van der Waals surface area contributed by atoms with Gasteiger partial charge in [-0.1, -0.05) is 23.7 Å². The molecule has 0 bridgehead atoms. The Labute approximate surface area is 189 Å². The molecule has 1 aliphatic heterocycles. The summed E-state index contributed by atoms with van der Waals surface area (Å²) >= 11 is 5.80. The molecule has 0 unspecified atom stereocenters. The fourth-order valence-corrected chi connectivity index (χ4v) is 3.18. The molecule has 9 nitrogen and oxygen atoms in total. The monoisotopic (exact) mass is 459 g/mol. The first-order valence-corrected chi connectivity index (χ1v) is 10.3. The maximum atomic E-state index is 12.3. The molecule has 1 fully saturated rings. The van der Waals surface area contributed by atoms with Crippen LogP contribution in [-0.4, -0.2) is 48.5 Å². The van der Waals surface area contributed by atoms with Crippen LogP contribution in [0.15, 0.2) is 48.5 Å². The summed E-state index contributed by atoms with van der Waals surface area (Å²) in [7, 11) is 0. The fraction of sp³-hybridized carbons (Fsp3) is 0.273. The van der Waals surface area contributed by atoms with Gasteiger partial charge in [0.1, 0.15) is 5.75 Å². The van der Waals surface area contributed by atoms with Crippen molar-refractivity contribution >= 4 is 41.0 Å². The van der Waals surface area contributed by atoms with Crippen LogP contribution in [0, 0.1) is 5.92 Å². The van der Waals surface area contributed by atoms with Crippen LogP contribution in [0.4, 0.5) is 5.69 Å². The Balaban J connectivity index is 1.48. The van der Waals surface area contributed by atoms with Crippen LogP contribution in [-0.2, 0) is 19.1 Å². The highest BCUT2D eigenvalue weighted by Crippen LogP contribution is 2.23. The first-order chi connectivity index (χ1) is 15.4. The minimum absolute atomic E-state index is 0.0498. The first-order valence-electron chi connectivity index (χ1n) is 9.92. The highest BCUT2D eigenvalue weighted by molar-refractivity contribution is 6.30. The van der Waals surface area contributed by atoms with Crippen molar-refractivity contribution in [1.29, 1.82) is 0 Å². The summed E-state index contributed by atoms with van der Waals surface area (Å²) in [4.78, 5) is 48.9. The smallest absolute Gasteiger partial charge is 0.311 e. The van der Waals surface area contributed by atoms with Crippen molar-refractivity contribution in [3.63, 3.8) is 0 Å². The van der Waals surface area contributed by atoms with Crippen molar-refractivity contribution in [3.05, 3.63) is 59.1 Å². The lowest BCUT2D eigenvalue weighted by Gasteiger charge is -2.17. The second-order valence-electron chi connectivity index (χ2n) is 6.94. The summed E-state index contributed by atoms with van der Waals surface area (Å²) in [5, 5.41) is 4.17. The highest BCUT2D eigenvalue weighted by atomic mass is 35.5. The van der Waals surface area contributed by atoms with Gasteiger partial charge in [0.2, 0.25) is 5.91 Å². The molecule has 0 radical (unpaired) electrons. The fourth-order valence-electron chi connectivity index (χ4n) is 3.05. The van der Waals surface area contributed by atoms with Gasteiger partial charge in [-0.2, -0.15) is 0 Å². The van der Waals surface area contributed by atoms with Gasteiger partial charge in [-0.25, -0.2) is 0 Å². The lowest BCUT2D eigenvalue weighted by Crippen LogP contribution is -2.43. The van der Waals surface area contributed by atoms with E-state index < -0.39 is 36.2 Å². The minimum Gasteiger partial charge on any atom is -0.492 e. The number of nitrogens with one attached hydrogen (secondary N) is 2. The van der Waals surface area contributed by atoms with Gasteiger partial charge in [0.25, 0.3) is 11.8 Å². The number of rotatable bonds is 8. The Morgan fingerprint density at radius 3 is 2.56 bits per heavy atom. The third kappa shape index (κ3) is 5.98. The molecule has 32 heavy (non-hydrogen) atoms. The van der Waals surface area contributed by atoms with Crippen LogP contribution in [0.2, 0.25) is 5.02 Å². The Bertz CT molecular complexity index is 1010. The standard InChI is InChI=1S/C22H22ClN3O6/c1-2-31-18-6-4-3-5-17(18)24-19(27)13-32-22(30)15-11-20(28)26(12-15)25-21(29)14-7-9-16(23)10-8-14/h3-10,15H,2,11-13H2,1H3,(H,24,27)(H,25,29)/t15-/m1/s1. The lowest BCUT2D eigenvalue weighted by molar-refractivity contribution is -0.151. The Morgan fingerprint density at radius 1 is 1.12 bits per heavy atom. The SMILES string of the molecule is CCOc1ccccc1NC(=O)COC(=O)[C@@H]1CC(=O)N(NC(=O)c2ccc(Cl)cc2)C1. The van der Waals surface area contributed by atoms with Crippen molar-refractivity contribution in [2.45, 2.75) is 13.3 Å². The van der Waals surface area contributed by atoms with Crippen LogP contribution >= 0.6 is 11.6 Å². The van der Waals surface area contributed by atoms with E-state index in [0.717, 1.165) is 5.01 Å². The molecule has 1 aliphatic rings. The summed E-state index contributed by atoms with van der Waals surface area (Å²) in [6.45, 7) is 1.69. The van der Waals surface area contributed by atoms with Gasteiger partial charge >= 0.3 is 5.97 Å². The number of ether oxygens (including phenoxy) is 2. The van der Waals surface area contributed by atoms with E-state index in [-0.39, 0.29) is 13.0 Å². The van der Waals surface area contributed by atoms with Crippen molar-refractivity contribution in [2.24, 2.45) is 5.92 Å². The average Bonchev–Trinajstić information content (AvgIpc) is 3.14. The van der Waals surface area contributed by atoms with E-state index in [2.05, 4.69) is 10.7 Å². The van der Waals surface area contributed by atoms with E-state index in [1.807, 2.05) is 6.92 Å². The van der Waals surface area contributed by atoms with Gasteiger partial charge in [0.05, 0.1) is 24.8 Å². The van der Waals surface area contributed by atoms with Gasteiger partial charge in [-0.3, -0.25) is 29.6 Å². The molecule has 0 aliphatic carbocycles. The van der Waals surface area contributed by atoms with E-state index in [1.54, 1.807) is 36.4 Å². The van der Waals surface area contributed by atoms with E-state index >= 15 is 0 Å². The number of halogens is 1. The van der Waals surface area contributed by atoms with Crippen molar-refractivity contribution in [2.75, 3.05) is 25.1 Å². The summed E-state index contributed by atoms with van der Waals surface area (Å²) in [5.41, 5.74) is 3.24. The summed E-state index contributed by atoms with van der Waals surface area (Å²) in [6.07, 6.45) is -0.130. The molecule has 0 aromatic heterocycles. The Morgan fingerprint density at radius 2 is 1.84 bits per heavy atom. The van der Waals surface area contributed by atoms with E-state index in [1.165, 1.54) is 12.1 Å². The molecule has 1 saturated heterocycles. The largest absolute Gasteiger partial charge is 0.492 e. The Hall–Kier alpha value is -3.59. The van der Waals surface area contributed by atoms with E-state index in [4.69, 9.17) is 21.1 Å². The molecule has 3 amide bonds. The number of amides is 3. The molecule has 2 aromatic carbocycles. The third-order valence-electron chi connectivity index (χ3n) is 4.61. The van der Waals surface area contributed by atoms with Crippen molar-refractivity contribution in [1.82, 2.24) is 10.4 Å². The molecular weight excluding hydrogens is 438 g/mol. The Kier molecular flexibility index (Phi) is 7.67. The topological polar surface area (TPSA) is 114 Å². The first kappa shape index (κ1) is 23.1. The zero-order chi connectivity index (χ0) is 23.1. The molecule has 2 aromatic rings. The van der Waals surface area contributed by atoms with Gasteiger partial charge in [-0.05, 0) is 43.3 Å². The minimum atomic E-state index is -0.795. The number of hydrogen-bond donors (Lipinski definition) is 2. The number of hydrazine groups is 1. The zero-order valence-electron chi connectivity index (χ0n) is 17.3. The van der Waals surface area contributed by atoms with Crippen LogP contribution in [0.3, 0.4) is 0 Å². The quantitative estimate of drug-likeness (QED) is 0.586. The molecule has 3 rings (SSSR count). The maximum Gasteiger partial charge on any atom is 0.311 e. The predicted molar refractivity (Wildman–Crippen MR) is 116 cm³/mol. The van der Waals surface area contributed by atoms with Crippen LogP contribution < -0.4 is 15.5 Å². The maximum absolute atomic E-state index is 12.3. The van der Waals surface area contributed by atoms with Gasteiger partial charge in [0, 0.05) is 17.0 Å². The van der Waals surface area contributed by atoms with Crippen LogP contribution in [0.5, 0.6) is 5.75 Å². The van der Waals surface area contributed by atoms with Crippen LogP contribution in [0.25, 0.3) is 0 Å². The van der Waals surface area contributed by atoms with Crippen molar-refractivity contribution < 1.29 is 28.7 Å². The lowest BCUT2D eigenvalue weighted by atomic mass is 10.1. The van der Waals surface area contributed by atoms with Gasteiger partial charge < -0.3 is 14.8 Å². The molecule has 1 atom stereocenters. The molecule has 0 spiro atoms. The summed E-state index contributed by atoms with van der Waals surface area (Å²) < 4.78 is 10.5. The van der Waals surface area contributed by atoms with E-state index in [9.17, 15) is 19.2 Å². The number of esters is 1. The number of nitrogens with zero attached hydrogens (tertiary/aromatic N) is 1. The molecule has 10 heteroatoms. The number of carbonyl (C=O) groups is 4. The van der Waals surface area contributed by atoms with Gasteiger partial charge in [-0.15, -0.1) is 0 Å². The normalized spacial score (nSPS) is 15.2. The highest BCUT2D eigenvalue weighted by Gasteiger charge is 2.36. The third-order valence-corrected chi connectivity index (χ3v) is 4.86.